The van der Waals surface area contributed by atoms with Gasteiger partial charge in [-0.1, -0.05) is 24.4 Å². The van der Waals surface area contributed by atoms with E-state index in [1.165, 1.54) is 0 Å². The average Bonchev–Trinajstić information content (AvgIpc) is 3.19. The van der Waals surface area contributed by atoms with Crippen molar-refractivity contribution in [3.63, 3.8) is 0 Å². The van der Waals surface area contributed by atoms with Crippen LogP contribution in [0.2, 0.25) is 0 Å². The van der Waals surface area contributed by atoms with Gasteiger partial charge in [-0.15, -0.1) is 11.6 Å². The zero-order valence-electron chi connectivity index (χ0n) is 12.3. The van der Waals surface area contributed by atoms with Crippen LogP contribution in [0.1, 0.15) is 44.9 Å². The summed E-state index contributed by atoms with van der Waals surface area (Å²) < 4.78 is 5.50. The summed E-state index contributed by atoms with van der Waals surface area (Å²) >= 11 is 7.49. The summed E-state index contributed by atoms with van der Waals surface area (Å²) in [4.78, 5) is 16.6. The molecule has 0 aliphatic heterocycles. The molecule has 2 aromatic heterocycles. The first-order valence-electron chi connectivity index (χ1n) is 7.44. The van der Waals surface area contributed by atoms with Crippen molar-refractivity contribution in [1.82, 2.24) is 15.5 Å². The Labute approximate surface area is 138 Å². The van der Waals surface area contributed by atoms with Gasteiger partial charge in [-0.25, -0.2) is 0 Å². The van der Waals surface area contributed by atoms with E-state index in [0.29, 0.717) is 11.7 Å². The van der Waals surface area contributed by atoms with Crippen LogP contribution >= 0.6 is 22.9 Å². The molecule has 1 fully saturated rings. The van der Waals surface area contributed by atoms with Crippen LogP contribution in [0.25, 0.3) is 11.4 Å². The predicted octanol–water partition coefficient (Wildman–Crippen LogP) is 3.70. The van der Waals surface area contributed by atoms with E-state index < -0.39 is 10.9 Å². The SMILES string of the molecule is CC(Cl)C(=O)NC1(c2nc(-c3ccsc3)no2)CCCCC1. The number of hydrogen-bond donors (Lipinski definition) is 1. The molecule has 0 aromatic carbocycles. The van der Waals surface area contributed by atoms with Crippen LogP contribution in [-0.4, -0.2) is 21.4 Å². The zero-order valence-corrected chi connectivity index (χ0v) is 13.9. The van der Waals surface area contributed by atoms with Crippen LogP contribution in [0.15, 0.2) is 21.3 Å². The summed E-state index contributed by atoms with van der Waals surface area (Å²) in [5, 5.41) is 10.5. The van der Waals surface area contributed by atoms with Gasteiger partial charge in [0.25, 0.3) is 5.89 Å². The first kappa shape index (κ1) is 15.5. The molecule has 1 aliphatic carbocycles. The van der Waals surface area contributed by atoms with Gasteiger partial charge in [0.15, 0.2) is 0 Å². The molecule has 0 saturated heterocycles. The van der Waals surface area contributed by atoms with E-state index in [0.717, 1.165) is 37.7 Å². The number of alkyl halides is 1. The number of carbonyl (C=O) groups excluding carboxylic acids is 1. The van der Waals surface area contributed by atoms with E-state index in [2.05, 4.69) is 15.5 Å². The van der Waals surface area contributed by atoms with Gasteiger partial charge in [0, 0.05) is 10.9 Å². The topological polar surface area (TPSA) is 68.0 Å². The number of carbonyl (C=O) groups is 1. The number of aromatic nitrogens is 2. The Morgan fingerprint density at radius 1 is 1.45 bits per heavy atom. The van der Waals surface area contributed by atoms with Crippen molar-refractivity contribution in [2.24, 2.45) is 0 Å². The van der Waals surface area contributed by atoms with E-state index >= 15 is 0 Å². The molecule has 0 spiro atoms. The van der Waals surface area contributed by atoms with Gasteiger partial charge in [-0.2, -0.15) is 16.3 Å². The molecule has 7 heteroatoms. The quantitative estimate of drug-likeness (QED) is 0.862. The molecule has 118 valence electrons. The third-order valence-electron chi connectivity index (χ3n) is 4.05. The second-order valence-electron chi connectivity index (χ2n) is 5.68. The second-order valence-corrected chi connectivity index (χ2v) is 7.12. The van der Waals surface area contributed by atoms with Crippen LogP contribution in [0.5, 0.6) is 0 Å². The highest BCUT2D eigenvalue weighted by Crippen LogP contribution is 2.37. The summed E-state index contributed by atoms with van der Waals surface area (Å²) in [6.07, 6.45) is 4.79. The molecule has 2 aromatic rings. The summed E-state index contributed by atoms with van der Waals surface area (Å²) in [5.74, 6) is 0.854. The summed E-state index contributed by atoms with van der Waals surface area (Å²) in [6, 6.07) is 1.95. The summed E-state index contributed by atoms with van der Waals surface area (Å²) in [6.45, 7) is 1.66. The van der Waals surface area contributed by atoms with Crippen molar-refractivity contribution >= 4 is 28.8 Å². The normalized spacial score (nSPS) is 18.8. The third-order valence-corrected chi connectivity index (χ3v) is 4.93. The maximum atomic E-state index is 12.1. The van der Waals surface area contributed by atoms with Gasteiger partial charge in [-0.05, 0) is 31.2 Å². The Bertz CT molecular complexity index is 633. The first-order valence-corrected chi connectivity index (χ1v) is 8.81. The lowest BCUT2D eigenvalue weighted by Crippen LogP contribution is -2.49. The van der Waals surface area contributed by atoms with Gasteiger partial charge < -0.3 is 9.84 Å². The van der Waals surface area contributed by atoms with Crippen LogP contribution in [0.3, 0.4) is 0 Å². The Balaban J connectivity index is 1.90. The number of thiophene rings is 1. The highest BCUT2D eigenvalue weighted by molar-refractivity contribution is 7.08. The predicted molar refractivity (Wildman–Crippen MR) is 85.8 cm³/mol. The zero-order chi connectivity index (χ0) is 15.6. The minimum Gasteiger partial charge on any atom is -0.340 e. The minimum atomic E-state index is -0.585. The fourth-order valence-electron chi connectivity index (χ4n) is 2.81. The number of nitrogens with zero attached hydrogens (tertiary/aromatic N) is 2. The standard InChI is InChI=1S/C15H18ClN3O2S/c1-10(16)13(20)18-15(6-3-2-4-7-15)14-17-12(19-21-14)11-5-8-22-9-11/h5,8-10H,2-4,6-7H2,1H3,(H,18,20). The Morgan fingerprint density at radius 3 is 2.86 bits per heavy atom. The average molecular weight is 340 g/mol. The number of amides is 1. The van der Waals surface area contributed by atoms with Gasteiger partial charge in [0.1, 0.15) is 10.9 Å². The van der Waals surface area contributed by atoms with Crippen molar-refractivity contribution in [2.75, 3.05) is 0 Å². The molecule has 22 heavy (non-hydrogen) atoms. The largest absolute Gasteiger partial charge is 0.340 e. The van der Waals surface area contributed by atoms with Gasteiger partial charge in [0.05, 0.1) is 0 Å². The highest BCUT2D eigenvalue weighted by Gasteiger charge is 2.41. The molecule has 1 N–H and O–H groups in total. The highest BCUT2D eigenvalue weighted by atomic mass is 35.5. The molecule has 1 amide bonds. The Morgan fingerprint density at radius 2 is 2.23 bits per heavy atom. The lowest BCUT2D eigenvalue weighted by molar-refractivity contribution is -0.123. The van der Waals surface area contributed by atoms with Gasteiger partial charge in [-0.3, -0.25) is 4.79 Å². The van der Waals surface area contributed by atoms with Crippen molar-refractivity contribution in [3.8, 4) is 11.4 Å². The molecule has 1 unspecified atom stereocenters. The van der Waals surface area contributed by atoms with E-state index in [1.54, 1.807) is 18.3 Å². The second kappa shape index (κ2) is 6.38. The molecule has 1 atom stereocenters. The summed E-state index contributed by atoms with van der Waals surface area (Å²) in [7, 11) is 0. The maximum Gasteiger partial charge on any atom is 0.252 e. The first-order chi connectivity index (χ1) is 10.6. The molecule has 0 radical (unpaired) electrons. The van der Waals surface area contributed by atoms with Crippen molar-refractivity contribution in [3.05, 3.63) is 22.7 Å². The van der Waals surface area contributed by atoms with E-state index in [9.17, 15) is 4.79 Å². The molecule has 3 rings (SSSR count). The maximum absolute atomic E-state index is 12.1. The lowest BCUT2D eigenvalue weighted by Gasteiger charge is -2.35. The molecule has 0 bridgehead atoms. The van der Waals surface area contributed by atoms with Crippen molar-refractivity contribution < 1.29 is 9.32 Å². The fraction of sp³-hybridized carbons (Fsp3) is 0.533. The van der Waals surface area contributed by atoms with Crippen molar-refractivity contribution in [2.45, 2.75) is 49.9 Å². The number of halogens is 1. The summed E-state index contributed by atoms with van der Waals surface area (Å²) in [5.41, 5.74) is 0.350. The molecule has 2 heterocycles. The Hall–Kier alpha value is -1.40. The monoisotopic (exact) mass is 339 g/mol. The Kier molecular flexibility index (Phi) is 4.49. The number of rotatable bonds is 4. The van der Waals surface area contributed by atoms with Crippen LogP contribution in [-0.2, 0) is 10.3 Å². The third kappa shape index (κ3) is 3.03. The fourth-order valence-corrected chi connectivity index (χ4v) is 3.50. The molecular weight excluding hydrogens is 322 g/mol. The van der Waals surface area contributed by atoms with Gasteiger partial charge >= 0.3 is 0 Å². The van der Waals surface area contributed by atoms with E-state index in [-0.39, 0.29) is 5.91 Å². The molecule has 1 saturated carbocycles. The van der Waals surface area contributed by atoms with E-state index in [1.807, 2.05) is 16.8 Å². The van der Waals surface area contributed by atoms with Gasteiger partial charge in [0.2, 0.25) is 11.7 Å². The van der Waals surface area contributed by atoms with Crippen LogP contribution < -0.4 is 5.32 Å². The lowest BCUT2D eigenvalue weighted by atomic mass is 9.81. The minimum absolute atomic E-state index is 0.196. The van der Waals surface area contributed by atoms with E-state index in [4.69, 9.17) is 16.1 Å². The number of nitrogens with one attached hydrogen (secondary N) is 1. The van der Waals surface area contributed by atoms with Crippen molar-refractivity contribution in [1.29, 1.82) is 0 Å². The smallest absolute Gasteiger partial charge is 0.252 e. The van der Waals surface area contributed by atoms with Crippen LogP contribution in [0.4, 0.5) is 0 Å². The molecule has 1 aliphatic rings. The van der Waals surface area contributed by atoms with Crippen LogP contribution in [0, 0.1) is 0 Å². The molecular formula is C15H18ClN3O2S. The number of hydrogen-bond acceptors (Lipinski definition) is 5. The molecule has 5 nitrogen and oxygen atoms in total.